The van der Waals surface area contributed by atoms with Crippen LogP contribution in [0.5, 0.6) is 11.5 Å². The molecule has 0 bridgehead atoms. The van der Waals surface area contributed by atoms with Gasteiger partial charge in [-0.2, -0.15) is 0 Å². The van der Waals surface area contributed by atoms with Gasteiger partial charge in [0.05, 0.1) is 30.5 Å². The fourth-order valence-corrected chi connectivity index (χ4v) is 5.61. The lowest BCUT2D eigenvalue weighted by atomic mass is 9.94. The Hall–Kier alpha value is -3.58. The van der Waals surface area contributed by atoms with Crippen LogP contribution in [0.1, 0.15) is 5.56 Å². The van der Waals surface area contributed by atoms with E-state index >= 15 is 0 Å². The van der Waals surface area contributed by atoms with Gasteiger partial charge in [0.2, 0.25) is 15.0 Å². The molecular weight excluding hydrogens is 424 g/mol. The van der Waals surface area contributed by atoms with Gasteiger partial charge in [0.1, 0.15) is 0 Å². The first-order valence-electron chi connectivity index (χ1n) is 10.3. The predicted molar refractivity (Wildman–Crippen MR) is 122 cm³/mol. The minimum Gasteiger partial charge on any atom is -0.493 e. The van der Waals surface area contributed by atoms with E-state index in [1.807, 2.05) is 47.0 Å². The van der Waals surface area contributed by atoms with Crippen LogP contribution in [0.2, 0.25) is 0 Å². The number of ether oxygens (including phenoxy) is 2. The van der Waals surface area contributed by atoms with Crippen molar-refractivity contribution < 1.29 is 17.9 Å². The number of aryl methyl sites for hydroxylation is 1. The van der Waals surface area contributed by atoms with Gasteiger partial charge in [-0.25, -0.2) is 13.4 Å². The highest BCUT2D eigenvalue weighted by Gasteiger charge is 2.33. The van der Waals surface area contributed by atoms with Gasteiger partial charge in [0.25, 0.3) is 0 Å². The molecule has 1 aliphatic heterocycles. The van der Waals surface area contributed by atoms with E-state index in [2.05, 4.69) is 0 Å². The van der Waals surface area contributed by atoms with E-state index in [0.29, 0.717) is 30.2 Å². The van der Waals surface area contributed by atoms with Crippen molar-refractivity contribution in [3.05, 3.63) is 78.4 Å². The second kappa shape index (κ2) is 7.84. The van der Waals surface area contributed by atoms with Gasteiger partial charge in [0, 0.05) is 17.7 Å². The van der Waals surface area contributed by atoms with Crippen LogP contribution in [0.3, 0.4) is 0 Å². The zero-order chi connectivity index (χ0) is 22.3. The molecule has 162 valence electrons. The van der Waals surface area contributed by atoms with Crippen molar-refractivity contribution in [2.75, 3.05) is 14.2 Å². The summed E-state index contributed by atoms with van der Waals surface area (Å²) < 4.78 is 39.9. The number of fused-ring (bicyclic) bond motifs is 3. The zero-order valence-electron chi connectivity index (χ0n) is 17.8. The highest BCUT2D eigenvalue weighted by atomic mass is 32.2. The molecule has 2 heterocycles. The molecule has 1 aliphatic rings. The third kappa shape index (κ3) is 3.17. The highest BCUT2D eigenvalue weighted by Crippen LogP contribution is 2.44. The number of hydrogen-bond acceptors (Lipinski definition) is 5. The molecule has 0 saturated carbocycles. The lowest BCUT2D eigenvalue weighted by Gasteiger charge is -2.23. The molecular formula is C25H22N2O4S. The Balaban J connectivity index is 1.81. The van der Waals surface area contributed by atoms with Gasteiger partial charge in [-0.05, 0) is 36.2 Å². The van der Waals surface area contributed by atoms with Crippen LogP contribution in [0.4, 0.5) is 0 Å². The van der Waals surface area contributed by atoms with Gasteiger partial charge >= 0.3 is 0 Å². The molecule has 0 aliphatic carbocycles. The summed E-state index contributed by atoms with van der Waals surface area (Å²) in [5.74, 6) is 1.24. The number of aromatic nitrogens is 2. The van der Waals surface area contributed by atoms with Crippen molar-refractivity contribution >= 4 is 9.84 Å². The molecule has 32 heavy (non-hydrogen) atoms. The fraction of sp³-hybridized carbons (Fsp3) is 0.160. The summed E-state index contributed by atoms with van der Waals surface area (Å²) in [5.41, 5.74) is 4.22. The maximum absolute atomic E-state index is 13.6. The minimum atomic E-state index is -3.80. The number of benzene rings is 3. The lowest BCUT2D eigenvalue weighted by molar-refractivity contribution is 0.354. The van der Waals surface area contributed by atoms with Crippen LogP contribution in [-0.4, -0.2) is 32.2 Å². The number of hydrogen-bond donors (Lipinski definition) is 0. The monoisotopic (exact) mass is 446 g/mol. The van der Waals surface area contributed by atoms with E-state index in [9.17, 15) is 8.42 Å². The second-order valence-electron chi connectivity index (χ2n) is 7.54. The molecule has 5 rings (SSSR count). The second-order valence-corrected chi connectivity index (χ2v) is 9.38. The van der Waals surface area contributed by atoms with E-state index in [0.717, 1.165) is 22.4 Å². The first-order valence-corrected chi connectivity index (χ1v) is 11.7. The van der Waals surface area contributed by atoms with Crippen LogP contribution in [0.15, 0.2) is 82.8 Å². The standard InChI is InChI=1S/C25H22N2O4S/c1-30-21-15-18-13-14-27-24(20(18)16-22(21)31-2)23(17-9-5-3-6-10-17)26-25(27)32(28,29)19-11-7-4-8-12-19/h3-12,15-16H,13-14H2,1-2H3. The first-order chi connectivity index (χ1) is 15.5. The van der Waals surface area contributed by atoms with Crippen molar-refractivity contribution in [2.45, 2.75) is 23.0 Å². The van der Waals surface area contributed by atoms with Crippen LogP contribution in [0, 0.1) is 0 Å². The molecule has 0 N–H and O–H groups in total. The van der Waals surface area contributed by atoms with Crippen molar-refractivity contribution in [3.63, 3.8) is 0 Å². The maximum Gasteiger partial charge on any atom is 0.240 e. The normalized spacial score (nSPS) is 12.7. The largest absolute Gasteiger partial charge is 0.493 e. The van der Waals surface area contributed by atoms with Gasteiger partial charge < -0.3 is 14.0 Å². The van der Waals surface area contributed by atoms with Crippen molar-refractivity contribution in [3.8, 4) is 34.0 Å². The van der Waals surface area contributed by atoms with E-state index < -0.39 is 9.84 Å². The van der Waals surface area contributed by atoms with Crippen molar-refractivity contribution in [2.24, 2.45) is 0 Å². The molecule has 3 aromatic carbocycles. The maximum atomic E-state index is 13.6. The van der Waals surface area contributed by atoms with Gasteiger partial charge in [-0.3, -0.25) is 0 Å². The van der Waals surface area contributed by atoms with E-state index in [1.165, 1.54) is 0 Å². The van der Waals surface area contributed by atoms with Gasteiger partial charge in [-0.1, -0.05) is 48.5 Å². The number of imidazole rings is 1. The first kappa shape index (κ1) is 20.3. The molecule has 0 unspecified atom stereocenters. The minimum absolute atomic E-state index is 0.0537. The molecule has 0 fully saturated rings. The molecule has 0 amide bonds. The Kier molecular flexibility index (Phi) is 4.98. The Morgan fingerprint density at radius 3 is 2.16 bits per heavy atom. The predicted octanol–water partition coefficient (Wildman–Crippen LogP) is 4.62. The van der Waals surface area contributed by atoms with Gasteiger partial charge in [0.15, 0.2) is 11.5 Å². The molecule has 0 spiro atoms. The number of sulfone groups is 1. The number of rotatable bonds is 5. The molecule has 7 heteroatoms. The third-order valence-corrected chi connectivity index (χ3v) is 7.43. The van der Waals surface area contributed by atoms with Crippen molar-refractivity contribution in [1.82, 2.24) is 9.55 Å². The average molecular weight is 447 g/mol. The fourth-order valence-electron chi connectivity index (χ4n) is 4.20. The summed E-state index contributed by atoms with van der Waals surface area (Å²) >= 11 is 0. The number of nitrogens with zero attached hydrogens (tertiary/aromatic N) is 2. The lowest BCUT2D eigenvalue weighted by Crippen LogP contribution is -2.17. The molecule has 0 radical (unpaired) electrons. The highest BCUT2D eigenvalue weighted by molar-refractivity contribution is 7.91. The van der Waals surface area contributed by atoms with Crippen molar-refractivity contribution in [1.29, 1.82) is 0 Å². The molecule has 0 saturated heterocycles. The van der Waals surface area contributed by atoms with E-state index in [1.54, 1.807) is 44.6 Å². The molecule has 0 atom stereocenters. The summed E-state index contributed by atoms with van der Waals surface area (Å²) in [6.45, 7) is 0.499. The van der Waals surface area contributed by atoms with Crippen LogP contribution in [0.25, 0.3) is 22.5 Å². The Labute approximate surface area is 187 Å². The van der Waals surface area contributed by atoms with E-state index in [-0.39, 0.29) is 10.1 Å². The summed E-state index contributed by atoms with van der Waals surface area (Å²) in [7, 11) is -0.603. The van der Waals surface area contributed by atoms with Crippen LogP contribution >= 0.6 is 0 Å². The topological polar surface area (TPSA) is 70.4 Å². The molecule has 4 aromatic rings. The SMILES string of the molecule is COc1cc2c(cc1OC)-c1c(-c3ccccc3)nc(S(=O)(=O)c3ccccc3)n1CC2. The van der Waals surface area contributed by atoms with Crippen LogP contribution in [-0.2, 0) is 22.8 Å². The smallest absolute Gasteiger partial charge is 0.240 e. The van der Waals surface area contributed by atoms with Crippen LogP contribution < -0.4 is 9.47 Å². The summed E-state index contributed by atoms with van der Waals surface area (Å²) in [5, 5.41) is 0.0537. The third-order valence-electron chi connectivity index (χ3n) is 5.74. The molecule has 6 nitrogen and oxygen atoms in total. The van der Waals surface area contributed by atoms with Gasteiger partial charge in [-0.15, -0.1) is 0 Å². The summed E-state index contributed by atoms with van der Waals surface area (Å²) in [6.07, 6.45) is 0.657. The average Bonchev–Trinajstić information content (AvgIpc) is 3.25. The summed E-state index contributed by atoms with van der Waals surface area (Å²) in [6, 6.07) is 22.0. The van der Waals surface area contributed by atoms with E-state index in [4.69, 9.17) is 14.5 Å². The Morgan fingerprint density at radius 1 is 0.875 bits per heavy atom. The zero-order valence-corrected chi connectivity index (χ0v) is 18.6. The molecule has 1 aromatic heterocycles. The Bertz CT molecular complexity index is 1400. The summed E-state index contributed by atoms with van der Waals surface area (Å²) in [4.78, 5) is 4.94. The quantitative estimate of drug-likeness (QED) is 0.447. The number of methoxy groups -OCH3 is 2. The Morgan fingerprint density at radius 2 is 1.50 bits per heavy atom.